The Morgan fingerprint density at radius 3 is 2.38 bits per heavy atom. The zero-order valence-corrected chi connectivity index (χ0v) is 15.3. The normalized spacial score (nSPS) is 27.3. The summed E-state index contributed by atoms with van der Waals surface area (Å²) in [6.07, 6.45) is -1.56. The highest BCUT2D eigenvalue weighted by Crippen LogP contribution is 2.49. The van der Waals surface area contributed by atoms with Gasteiger partial charge in [0.25, 0.3) is 12.9 Å². The lowest BCUT2D eigenvalue weighted by Gasteiger charge is -2.29. The van der Waals surface area contributed by atoms with E-state index in [2.05, 4.69) is 10.4 Å². The molecule has 146 valence electrons. The van der Waals surface area contributed by atoms with Gasteiger partial charge in [0, 0.05) is 6.04 Å². The highest BCUT2D eigenvalue weighted by Gasteiger charge is 2.42. The number of halogens is 5. The quantitative estimate of drug-likeness (QED) is 0.695. The van der Waals surface area contributed by atoms with Crippen molar-refractivity contribution >= 4 is 17.5 Å². The number of carbonyl (C=O) groups is 1. The van der Waals surface area contributed by atoms with Crippen LogP contribution in [-0.4, -0.2) is 21.7 Å². The van der Waals surface area contributed by atoms with Crippen molar-refractivity contribution in [1.29, 1.82) is 0 Å². The monoisotopic (exact) mass is 395 g/mol. The van der Waals surface area contributed by atoms with E-state index in [4.69, 9.17) is 11.6 Å². The van der Waals surface area contributed by atoms with E-state index in [0.29, 0.717) is 22.4 Å². The second-order valence-corrected chi connectivity index (χ2v) is 7.82. The molecule has 26 heavy (non-hydrogen) atoms. The van der Waals surface area contributed by atoms with Gasteiger partial charge < -0.3 is 5.32 Å². The SMILES string of the molecule is CC(NC(=O)C(C)n1nc(C(F)F)c(Cl)c1C(F)F)C1CC2CCC1C2. The van der Waals surface area contributed by atoms with Gasteiger partial charge in [-0.1, -0.05) is 18.0 Å². The third-order valence-corrected chi connectivity index (χ3v) is 6.26. The van der Waals surface area contributed by atoms with Crippen LogP contribution in [0.2, 0.25) is 5.02 Å². The van der Waals surface area contributed by atoms with Gasteiger partial charge >= 0.3 is 0 Å². The molecule has 0 spiro atoms. The molecule has 2 fully saturated rings. The van der Waals surface area contributed by atoms with Crippen molar-refractivity contribution in [2.24, 2.45) is 17.8 Å². The van der Waals surface area contributed by atoms with Gasteiger partial charge in [-0.2, -0.15) is 5.10 Å². The summed E-state index contributed by atoms with van der Waals surface area (Å²) >= 11 is 5.65. The Balaban J connectivity index is 1.75. The van der Waals surface area contributed by atoms with Crippen LogP contribution in [0.25, 0.3) is 0 Å². The van der Waals surface area contributed by atoms with Gasteiger partial charge in [-0.15, -0.1) is 0 Å². The first-order chi connectivity index (χ1) is 12.2. The maximum Gasteiger partial charge on any atom is 0.283 e. The van der Waals surface area contributed by atoms with Gasteiger partial charge in [0.1, 0.15) is 17.4 Å². The molecule has 2 saturated carbocycles. The summed E-state index contributed by atoms with van der Waals surface area (Å²) in [5.74, 6) is 1.15. The van der Waals surface area contributed by atoms with Crippen LogP contribution in [0.4, 0.5) is 17.6 Å². The predicted molar refractivity (Wildman–Crippen MR) is 88.4 cm³/mol. The van der Waals surface area contributed by atoms with Crippen molar-refractivity contribution in [2.45, 2.75) is 64.5 Å². The molecule has 1 amide bonds. The Labute approximate surface area is 154 Å². The molecule has 1 heterocycles. The number of hydrogen-bond acceptors (Lipinski definition) is 2. The first-order valence-electron chi connectivity index (χ1n) is 8.85. The number of fused-ring (bicyclic) bond motifs is 2. The van der Waals surface area contributed by atoms with Crippen molar-refractivity contribution in [3.05, 3.63) is 16.4 Å². The van der Waals surface area contributed by atoms with Gasteiger partial charge in [-0.05, 0) is 50.9 Å². The van der Waals surface area contributed by atoms with Crippen LogP contribution in [-0.2, 0) is 4.79 Å². The molecule has 0 aliphatic heterocycles. The number of aromatic nitrogens is 2. The molecule has 2 aliphatic carbocycles. The zero-order valence-electron chi connectivity index (χ0n) is 14.6. The Hall–Kier alpha value is -1.31. The molecular formula is C17H22ClF4N3O. The molecule has 2 bridgehead atoms. The molecule has 4 nitrogen and oxygen atoms in total. The first kappa shape index (κ1) is 19.5. The Morgan fingerprint density at radius 2 is 1.88 bits per heavy atom. The largest absolute Gasteiger partial charge is 0.352 e. The maximum absolute atomic E-state index is 13.3. The maximum atomic E-state index is 13.3. The van der Waals surface area contributed by atoms with E-state index in [1.165, 1.54) is 19.8 Å². The number of hydrogen-bond donors (Lipinski definition) is 1. The molecule has 1 aromatic heterocycles. The molecule has 5 unspecified atom stereocenters. The van der Waals surface area contributed by atoms with E-state index >= 15 is 0 Å². The van der Waals surface area contributed by atoms with Gasteiger partial charge in [0.15, 0.2) is 0 Å². The van der Waals surface area contributed by atoms with Crippen LogP contribution < -0.4 is 5.32 Å². The lowest BCUT2D eigenvalue weighted by atomic mass is 9.84. The van der Waals surface area contributed by atoms with Crippen molar-refractivity contribution < 1.29 is 22.4 Å². The van der Waals surface area contributed by atoms with E-state index in [-0.39, 0.29) is 6.04 Å². The number of nitrogens with zero attached hydrogens (tertiary/aromatic N) is 2. The van der Waals surface area contributed by atoms with Gasteiger partial charge in [-0.25, -0.2) is 22.2 Å². The van der Waals surface area contributed by atoms with Crippen LogP contribution in [0.15, 0.2) is 0 Å². The standard InChI is InChI=1S/C17H22ClF4N3O/c1-7(11-6-9-3-4-10(11)5-9)23-17(26)8(2)25-14(16(21)22)12(18)13(24-25)15(19)20/h7-11,15-16H,3-6H2,1-2H3,(H,23,26). The molecule has 2 aliphatic rings. The molecule has 0 saturated heterocycles. The third-order valence-electron chi connectivity index (χ3n) is 5.88. The lowest BCUT2D eigenvalue weighted by Crippen LogP contribution is -2.43. The van der Waals surface area contributed by atoms with Crippen molar-refractivity contribution in [1.82, 2.24) is 15.1 Å². The number of nitrogens with one attached hydrogen (secondary N) is 1. The van der Waals surface area contributed by atoms with E-state index in [1.807, 2.05) is 6.92 Å². The molecule has 0 radical (unpaired) electrons. The predicted octanol–water partition coefficient (Wildman–Crippen LogP) is 4.91. The Morgan fingerprint density at radius 1 is 1.19 bits per heavy atom. The summed E-state index contributed by atoms with van der Waals surface area (Å²) in [7, 11) is 0. The van der Waals surface area contributed by atoms with Crippen molar-refractivity contribution in [3.63, 3.8) is 0 Å². The van der Waals surface area contributed by atoms with Crippen LogP contribution in [0, 0.1) is 17.8 Å². The van der Waals surface area contributed by atoms with Crippen molar-refractivity contribution in [3.8, 4) is 0 Å². The molecular weight excluding hydrogens is 374 g/mol. The average molecular weight is 396 g/mol. The average Bonchev–Trinajstić information content (AvgIpc) is 3.27. The third kappa shape index (κ3) is 3.44. The van der Waals surface area contributed by atoms with Crippen molar-refractivity contribution in [2.75, 3.05) is 0 Å². The minimum atomic E-state index is -3.11. The minimum absolute atomic E-state index is 0.101. The first-order valence-corrected chi connectivity index (χ1v) is 9.22. The van der Waals surface area contributed by atoms with Crippen LogP contribution in [0.5, 0.6) is 0 Å². The van der Waals surface area contributed by atoms with E-state index in [1.54, 1.807) is 0 Å². The van der Waals surface area contributed by atoms with Crippen LogP contribution >= 0.6 is 11.6 Å². The molecule has 3 rings (SSSR count). The van der Waals surface area contributed by atoms with E-state index in [0.717, 1.165) is 12.8 Å². The molecule has 1 N–H and O–H groups in total. The number of alkyl halides is 4. The van der Waals surface area contributed by atoms with Gasteiger partial charge in [0.2, 0.25) is 5.91 Å². The smallest absolute Gasteiger partial charge is 0.283 e. The molecule has 5 atom stereocenters. The summed E-state index contributed by atoms with van der Waals surface area (Å²) < 4.78 is 53.1. The number of carbonyl (C=O) groups excluding carboxylic acids is 1. The number of rotatable bonds is 6. The minimum Gasteiger partial charge on any atom is -0.352 e. The fraction of sp³-hybridized carbons (Fsp3) is 0.765. The molecule has 1 aromatic rings. The van der Waals surface area contributed by atoms with Crippen LogP contribution in [0.3, 0.4) is 0 Å². The molecule has 9 heteroatoms. The number of amides is 1. The fourth-order valence-electron chi connectivity index (χ4n) is 4.55. The second-order valence-electron chi connectivity index (χ2n) is 7.44. The summed E-state index contributed by atoms with van der Waals surface area (Å²) in [6, 6.07) is -1.26. The summed E-state index contributed by atoms with van der Waals surface area (Å²) in [5, 5.41) is 5.56. The molecule has 0 aromatic carbocycles. The highest BCUT2D eigenvalue weighted by atomic mass is 35.5. The summed E-state index contributed by atoms with van der Waals surface area (Å²) in [6.45, 7) is 3.26. The summed E-state index contributed by atoms with van der Waals surface area (Å²) in [4.78, 5) is 12.5. The summed E-state index contributed by atoms with van der Waals surface area (Å²) in [5.41, 5.74) is -1.78. The second kappa shape index (κ2) is 7.37. The van der Waals surface area contributed by atoms with Crippen LogP contribution in [0.1, 0.15) is 69.8 Å². The van der Waals surface area contributed by atoms with E-state index in [9.17, 15) is 22.4 Å². The Kier molecular flexibility index (Phi) is 5.51. The van der Waals surface area contributed by atoms with Gasteiger partial charge in [0.05, 0.1) is 5.02 Å². The topological polar surface area (TPSA) is 46.9 Å². The lowest BCUT2D eigenvalue weighted by molar-refractivity contribution is -0.125. The van der Waals surface area contributed by atoms with E-state index < -0.39 is 41.2 Å². The zero-order chi connectivity index (χ0) is 19.2. The highest BCUT2D eigenvalue weighted by molar-refractivity contribution is 6.32. The Bertz CT molecular complexity index is 681. The van der Waals surface area contributed by atoms with Gasteiger partial charge in [-0.3, -0.25) is 4.79 Å². The fourth-order valence-corrected chi connectivity index (χ4v) is 4.83.